The third kappa shape index (κ3) is 3.27. The monoisotopic (exact) mass is 270 g/mol. The lowest BCUT2D eigenvalue weighted by Gasteiger charge is -2.07. The molecule has 0 saturated heterocycles. The molecule has 1 aliphatic carbocycles. The standard InChI is InChI=1S/C16H18N2O2/c1-11-7-13(10-20-11)16(19)18-15-4-2-3-12(8-15)9-17-14-5-6-14/h2-4,7-8,10,14,17H,5-6,9H2,1H3,(H,18,19). The van der Waals surface area contributed by atoms with Crippen molar-refractivity contribution in [3.63, 3.8) is 0 Å². The third-order valence-electron chi connectivity index (χ3n) is 3.35. The first-order valence-corrected chi connectivity index (χ1v) is 6.89. The van der Waals surface area contributed by atoms with Gasteiger partial charge < -0.3 is 15.1 Å². The Morgan fingerprint density at radius 3 is 2.90 bits per heavy atom. The summed E-state index contributed by atoms with van der Waals surface area (Å²) in [6, 6.07) is 10.3. The zero-order chi connectivity index (χ0) is 13.9. The Labute approximate surface area is 118 Å². The number of carbonyl (C=O) groups excluding carboxylic acids is 1. The molecule has 2 N–H and O–H groups in total. The number of nitrogens with one attached hydrogen (secondary N) is 2. The van der Waals surface area contributed by atoms with Gasteiger partial charge in [0.05, 0.1) is 5.56 Å². The van der Waals surface area contributed by atoms with Crippen LogP contribution < -0.4 is 10.6 Å². The van der Waals surface area contributed by atoms with Crippen LogP contribution in [0.25, 0.3) is 0 Å². The first kappa shape index (κ1) is 12.9. The zero-order valence-corrected chi connectivity index (χ0v) is 11.5. The molecule has 4 nitrogen and oxygen atoms in total. The van der Waals surface area contributed by atoms with Crippen molar-refractivity contribution in [2.24, 2.45) is 0 Å². The number of anilines is 1. The van der Waals surface area contributed by atoms with E-state index >= 15 is 0 Å². The quantitative estimate of drug-likeness (QED) is 0.877. The van der Waals surface area contributed by atoms with Crippen molar-refractivity contribution in [1.82, 2.24) is 5.32 Å². The SMILES string of the molecule is Cc1cc(C(=O)Nc2cccc(CNC3CC3)c2)co1. The van der Waals surface area contributed by atoms with Gasteiger partial charge >= 0.3 is 0 Å². The molecular formula is C16H18N2O2. The van der Waals surface area contributed by atoms with E-state index in [1.54, 1.807) is 6.07 Å². The second kappa shape index (κ2) is 5.51. The summed E-state index contributed by atoms with van der Waals surface area (Å²) in [4.78, 5) is 12.0. The minimum atomic E-state index is -0.144. The van der Waals surface area contributed by atoms with Crippen LogP contribution >= 0.6 is 0 Å². The summed E-state index contributed by atoms with van der Waals surface area (Å²) in [5.74, 6) is 0.590. The summed E-state index contributed by atoms with van der Waals surface area (Å²) in [5.41, 5.74) is 2.53. The maximum absolute atomic E-state index is 12.0. The van der Waals surface area contributed by atoms with Crippen molar-refractivity contribution in [2.75, 3.05) is 5.32 Å². The molecule has 1 aromatic heterocycles. The van der Waals surface area contributed by atoms with Gasteiger partial charge in [-0.25, -0.2) is 0 Å². The van der Waals surface area contributed by atoms with Gasteiger partial charge in [-0.2, -0.15) is 0 Å². The molecule has 2 aromatic rings. The number of amides is 1. The van der Waals surface area contributed by atoms with Crippen LogP contribution in [0.5, 0.6) is 0 Å². The summed E-state index contributed by atoms with van der Waals surface area (Å²) in [6.45, 7) is 2.67. The van der Waals surface area contributed by atoms with Crippen molar-refractivity contribution in [3.05, 3.63) is 53.5 Å². The summed E-state index contributed by atoms with van der Waals surface area (Å²) in [5, 5.41) is 6.35. The molecule has 3 rings (SSSR count). The Bertz CT molecular complexity index is 614. The zero-order valence-electron chi connectivity index (χ0n) is 11.5. The van der Waals surface area contributed by atoms with E-state index in [0.717, 1.165) is 18.0 Å². The van der Waals surface area contributed by atoms with Gasteiger partial charge in [0.1, 0.15) is 12.0 Å². The Morgan fingerprint density at radius 2 is 2.20 bits per heavy atom. The molecule has 1 amide bonds. The first-order valence-electron chi connectivity index (χ1n) is 6.89. The normalized spacial score (nSPS) is 14.2. The first-order chi connectivity index (χ1) is 9.70. The molecule has 104 valence electrons. The van der Waals surface area contributed by atoms with Crippen molar-refractivity contribution in [2.45, 2.75) is 32.4 Å². The maximum Gasteiger partial charge on any atom is 0.258 e. The Kier molecular flexibility index (Phi) is 3.56. The molecule has 1 saturated carbocycles. The summed E-state index contributed by atoms with van der Waals surface area (Å²) in [6.07, 6.45) is 4.02. The van der Waals surface area contributed by atoms with E-state index in [0.29, 0.717) is 11.6 Å². The van der Waals surface area contributed by atoms with E-state index < -0.39 is 0 Å². The van der Waals surface area contributed by atoms with Crippen LogP contribution in [0.15, 0.2) is 41.0 Å². The van der Waals surface area contributed by atoms with Gasteiger partial charge in [0, 0.05) is 18.3 Å². The van der Waals surface area contributed by atoms with Gasteiger partial charge in [-0.05, 0) is 43.5 Å². The van der Waals surface area contributed by atoms with Gasteiger partial charge in [-0.3, -0.25) is 4.79 Å². The molecule has 0 radical (unpaired) electrons. The third-order valence-corrected chi connectivity index (χ3v) is 3.35. The molecule has 1 aromatic carbocycles. The van der Waals surface area contributed by atoms with Crippen LogP contribution in [-0.2, 0) is 6.54 Å². The van der Waals surface area contributed by atoms with Gasteiger partial charge in [0.2, 0.25) is 0 Å². The van der Waals surface area contributed by atoms with E-state index in [9.17, 15) is 4.79 Å². The van der Waals surface area contributed by atoms with E-state index in [4.69, 9.17) is 4.42 Å². The van der Waals surface area contributed by atoms with Crippen molar-refractivity contribution in [1.29, 1.82) is 0 Å². The Hall–Kier alpha value is -2.07. The molecule has 0 spiro atoms. The van der Waals surface area contributed by atoms with Crippen LogP contribution in [0.3, 0.4) is 0 Å². The van der Waals surface area contributed by atoms with Gasteiger partial charge in [-0.15, -0.1) is 0 Å². The van der Waals surface area contributed by atoms with Crippen molar-refractivity contribution >= 4 is 11.6 Å². The second-order valence-electron chi connectivity index (χ2n) is 5.26. The van der Waals surface area contributed by atoms with Crippen LogP contribution in [0.1, 0.15) is 34.5 Å². The minimum absolute atomic E-state index is 0.144. The summed E-state index contributed by atoms with van der Waals surface area (Å²) >= 11 is 0. The van der Waals surface area contributed by atoms with Gasteiger partial charge in [0.25, 0.3) is 5.91 Å². The van der Waals surface area contributed by atoms with Crippen molar-refractivity contribution in [3.8, 4) is 0 Å². The van der Waals surface area contributed by atoms with Crippen molar-refractivity contribution < 1.29 is 9.21 Å². The minimum Gasteiger partial charge on any atom is -0.469 e. The highest BCUT2D eigenvalue weighted by atomic mass is 16.3. The van der Waals surface area contributed by atoms with Crippen LogP contribution in [0, 0.1) is 6.92 Å². The highest BCUT2D eigenvalue weighted by molar-refractivity contribution is 6.04. The highest BCUT2D eigenvalue weighted by Gasteiger charge is 2.19. The molecular weight excluding hydrogens is 252 g/mol. The predicted octanol–water partition coefficient (Wildman–Crippen LogP) is 3.09. The van der Waals surface area contributed by atoms with E-state index in [1.165, 1.54) is 24.7 Å². The molecule has 1 fully saturated rings. The fourth-order valence-electron chi connectivity index (χ4n) is 2.07. The lowest BCUT2D eigenvalue weighted by atomic mass is 10.2. The number of aryl methyl sites for hydroxylation is 1. The number of hydrogen-bond donors (Lipinski definition) is 2. The fourth-order valence-corrected chi connectivity index (χ4v) is 2.07. The van der Waals surface area contributed by atoms with E-state index in [-0.39, 0.29) is 5.91 Å². The Morgan fingerprint density at radius 1 is 1.35 bits per heavy atom. The summed E-state index contributed by atoms with van der Waals surface area (Å²) < 4.78 is 5.15. The molecule has 0 atom stereocenters. The fraction of sp³-hybridized carbons (Fsp3) is 0.312. The topological polar surface area (TPSA) is 54.3 Å². The smallest absolute Gasteiger partial charge is 0.258 e. The van der Waals surface area contributed by atoms with Crippen LogP contribution in [0.2, 0.25) is 0 Å². The molecule has 0 unspecified atom stereocenters. The molecule has 0 aliphatic heterocycles. The average Bonchev–Trinajstić information content (AvgIpc) is 3.17. The number of rotatable bonds is 5. The van der Waals surface area contributed by atoms with Crippen LogP contribution in [0.4, 0.5) is 5.69 Å². The molecule has 1 aliphatic rings. The van der Waals surface area contributed by atoms with Gasteiger partial charge in [-0.1, -0.05) is 12.1 Å². The Balaban J connectivity index is 1.64. The lowest BCUT2D eigenvalue weighted by molar-refractivity contribution is 0.102. The molecule has 1 heterocycles. The number of furan rings is 1. The average molecular weight is 270 g/mol. The molecule has 0 bridgehead atoms. The summed E-state index contributed by atoms with van der Waals surface area (Å²) in [7, 11) is 0. The number of benzene rings is 1. The number of hydrogen-bond acceptors (Lipinski definition) is 3. The van der Waals surface area contributed by atoms with Crippen LogP contribution in [-0.4, -0.2) is 11.9 Å². The predicted molar refractivity (Wildman–Crippen MR) is 77.7 cm³/mol. The highest BCUT2D eigenvalue weighted by Crippen LogP contribution is 2.20. The molecule has 20 heavy (non-hydrogen) atoms. The maximum atomic E-state index is 12.0. The largest absolute Gasteiger partial charge is 0.469 e. The van der Waals surface area contributed by atoms with Gasteiger partial charge in [0.15, 0.2) is 0 Å². The van der Waals surface area contributed by atoms with E-state index in [1.807, 2.05) is 25.1 Å². The second-order valence-corrected chi connectivity index (χ2v) is 5.26. The molecule has 4 heteroatoms. The number of carbonyl (C=O) groups is 1. The van der Waals surface area contributed by atoms with E-state index in [2.05, 4.69) is 16.7 Å². The lowest BCUT2D eigenvalue weighted by Crippen LogP contribution is -2.16.